The molecule has 2 aromatic carbocycles. The molecule has 1 aromatic heterocycles. The normalized spacial score (nSPS) is 14.5. The highest BCUT2D eigenvalue weighted by atomic mass is 32.1. The molecule has 0 spiro atoms. The van der Waals surface area contributed by atoms with Gasteiger partial charge in [-0.2, -0.15) is 0 Å². The van der Waals surface area contributed by atoms with Crippen LogP contribution in [-0.2, 0) is 22.9 Å². The molecule has 0 amide bonds. The Morgan fingerprint density at radius 3 is 1.73 bits per heavy atom. The van der Waals surface area contributed by atoms with Crippen molar-refractivity contribution in [3.05, 3.63) is 86.6 Å². The van der Waals surface area contributed by atoms with Gasteiger partial charge in [-0.25, -0.2) is 0 Å². The second-order valence-corrected chi connectivity index (χ2v) is 11.3. The first kappa shape index (κ1) is 22.6. The van der Waals surface area contributed by atoms with Gasteiger partial charge in [0.1, 0.15) is 11.4 Å². The fourth-order valence-corrected chi connectivity index (χ4v) is 4.96. The third-order valence-electron chi connectivity index (χ3n) is 5.70. The molecule has 0 aliphatic rings. The number of phenolic OH excluding ortho intramolecular Hbond substituents is 1. The molecule has 0 saturated heterocycles. The molecule has 0 bridgehead atoms. The van der Waals surface area contributed by atoms with E-state index in [2.05, 4.69) is 54.5 Å². The van der Waals surface area contributed by atoms with Crippen molar-refractivity contribution in [2.24, 2.45) is 0 Å². The standard InChI is InChI=1S/C27H34O2S/c1-8-20-14-15-23(30-20)27(29,18-12-10-9-11-13-18)19-16-21(25(2,3)4)24(28)22(17-19)26(5,6)7/h9-17,28-29H,8H2,1-7H3. The maximum absolute atomic E-state index is 12.3. The van der Waals surface area contributed by atoms with E-state index in [1.165, 1.54) is 4.88 Å². The minimum Gasteiger partial charge on any atom is -0.507 e. The number of hydrogen-bond acceptors (Lipinski definition) is 3. The monoisotopic (exact) mass is 422 g/mol. The molecule has 2 N–H and O–H groups in total. The van der Waals surface area contributed by atoms with Crippen LogP contribution in [0.1, 0.15) is 80.5 Å². The van der Waals surface area contributed by atoms with Crippen molar-refractivity contribution < 1.29 is 10.2 Å². The Morgan fingerprint density at radius 2 is 1.30 bits per heavy atom. The van der Waals surface area contributed by atoms with Gasteiger partial charge < -0.3 is 10.2 Å². The largest absolute Gasteiger partial charge is 0.507 e. The number of aromatic hydroxyl groups is 1. The summed E-state index contributed by atoms with van der Waals surface area (Å²) in [5, 5.41) is 23.5. The Kier molecular flexibility index (Phi) is 5.92. The molecule has 1 unspecified atom stereocenters. The summed E-state index contributed by atoms with van der Waals surface area (Å²) in [6.45, 7) is 14.7. The topological polar surface area (TPSA) is 40.5 Å². The highest BCUT2D eigenvalue weighted by Crippen LogP contribution is 2.46. The maximum Gasteiger partial charge on any atom is 0.149 e. The number of aliphatic hydroxyl groups is 1. The minimum atomic E-state index is -1.28. The van der Waals surface area contributed by atoms with Crippen molar-refractivity contribution in [3.8, 4) is 5.75 Å². The van der Waals surface area contributed by atoms with Crippen molar-refractivity contribution in [3.63, 3.8) is 0 Å². The zero-order valence-corrected chi connectivity index (χ0v) is 20.0. The van der Waals surface area contributed by atoms with E-state index in [0.717, 1.165) is 33.6 Å². The predicted molar refractivity (Wildman–Crippen MR) is 128 cm³/mol. The minimum absolute atomic E-state index is 0.262. The summed E-state index contributed by atoms with van der Waals surface area (Å²) >= 11 is 1.65. The molecule has 3 aromatic rings. The predicted octanol–water partition coefficient (Wildman–Crippen LogP) is 6.90. The van der Waals surface area contributed by atoms with Crippen LogP contribution in [0.15, 0.2) is 54.6 Å². The highest BCUT2D eigenvalue weighted by Gasteiger charge is 2.38. The van der Waals surface area contributed by atoms with Crippen molar-refractivity contribution in [1.29, 1.82) is 0 Å². The summed E-state index contributed by atoms with van der Waals surface area (Å²) in [6.07, 6.45) is 0.936. The zero-order valence-electron chi connectivity index (χ0n) is 19.2. The molecule has 0 saturated carbocycles. The zero-order chi connectivity index (χ0) is 22.3. The number of phenols is 1. The van der Waals surface area contributed by atoms with Crippen LogP contribution < -0.4 is 0 Å². The molecular weight excluding hydrogens is 388 g/mol. The molecule has 0 aliphatic heterocycles. The summed E-state index contributed by atoms with van der Waals surface area (Å²) in [6, 6.07) is 18.0. The summed E-state index contributed by atoms with van der Waals surface area (Å²) < 4.78 is 0. The van der Waals surface area contributed by atoms with Gasteiger partial charge in [0.25, 0.3) is 0 Å². The molecule has 3 rings (SSSR count). The average molecular weight is 423 g/mol. The Labute approximate surface area is 185 Å². The number of benzene rings is 2. The van der Waals surface area contributed by atoms with Gasteiger partial charge in [-0.15, -0.1) is 11.3 Å². The van der Waals surface area contributed by atoms with E-state index in [4.69, 9.17) is 0 Å². The van der Waals surface area contributed by atoms with Gasteiger partial charge in [-0.3, -0.25) is 0 Å². The highest BCUT2D eigenvalue weighted by molar-refractivity contribution is 7.12. The second kappa shape index (κ2) is 7.86. The van der Waals surface area contributed by atoms with E-state index in [1.54, 1.807) is 11.3 Å². The Hall–Kier alpha value is -2.10. The number of rotatable bonds is 4. The molecule has 3 heteroatoms. The Bertz CT molecular complexity index is 984. The number of aryl methyl sites for hydroxylation is 1. The lowest BCUT2D eigenvalue weighted by Crippen LogP contribution is -2.29. The van der Waals surface area contributed by atoms with Crippen LogP contribution in [0, 0.1) is 0 Å². The molecule has 2 nitrogen and oxygen atoms in total. The van der Waals surface area contributed by atoms with E-state index in [1.807, 2.05) is 48.5 Å². The number of thiophene rings is 1. The fraction of sp³-hybridized carbons (Fsp3) is 0.407. The van der Waals surface area contributed by atoms with Gasteiger partial charge in [-0.05, 0) is 63.8 Å². The molecule has 30 heavy (non-hydrogen) atoms. The van der Waals surface area contributed by atoms with Crippen LogP contribution in [-0.4, -0.2) is 10.2 Å². The van der Waals surface area contributed by atoms with Crippen LogP contribution in [0.25, 0.3) is 0 Å². The maximum atomic E-state index is 12.3. The van der Waals surface area contributed by atoms with Crippen molar-refractivity contribution in [2.75, 3.05) is 0 Å². The van der Waals surface area contributed by atoms with Gasteiger partial charge in [0.15, 0.2) is 0 Å². The molecule has 0 fully saturated rings. The van der Waals surface area contributed by atoms with Gasteiger partial charge in [0.05, 0.1) is 0 Å². The smallest absolute Gasteiger partial charge is 0.149 e. The molecule has 160 valence electrons. The van der Waals surface area contributed by atoms with Crippen LogP contribution in [0.4, 0.5) is 0 Å². The van der Waals surface area contributed by atoms with Gasteiger partial charge in [-0.1, -0.05) is 78.8 Å². The summed E-state index contributed by atoms with van der Waals surface area (Å²) in [7, 11) is 0. The molecule has 0 radical (unpaired) electrons. The fourth-order valence-electron chi connectivity index (χ4n) is 3.88. The lowest BCUT2D eigenvalue weighted by atomic mass is 9.75. The van der Waals surface area contributed by atoms with Crippen molar-refractivity contribution in [2.45, 2.75) is 71.3 Å². The quantitative estimate of drug-likeness (QED) is 0.480. The third kappa shape index (κ3) is 4.06. The second-order valence-electron chi connectivity index (χ2n) is 10.1. The summed E-state index contributed by atoms with van der Waals surface area (Å²) in [4.78, 5) is 2.14. The summed E-state index contributed by atoms with van der Waals surface area (Å²) in [5.41, 5.74) is 1.53. The number of hydrogen-bond donors (Lipinski definition) is 2. The van der Waals surface area contributed by atoms with Crippen LogP contribution in [0.3, 0.4) is 0 Å². The first-order valence-electron chi connectivity index (χ1n) is 10.6. The molecule has 1 heterocycles. The first-order valence-corrected chi connectivity index (χ1v) is 11.5. The molecule has 1 atom stereocenters. The van der Waals surface area contributed by atoms with Crippen LogP contribution in [0.2, 0.25) is 0 Å². The molecule has 0 aliphatic carbocycles. The van der Waals surface area contributed by atoms with E-state index in [0.29, 0.717) is 5.75 Å². The van der Waals surface area contributed by atoms with E-state index >= 15 is 0 Å². The average Bonchev–Trinajstić information content (AvgIpc) is 3.16. The van der Waals surface area contributed by atoms with Gasteiger partial charge in [0.2, 0.25) is 0 Å². The lowest BCUT2D eigenvalue weighted by molar-refractivity contribution is 0.129. The first-order chi connectivity index (χ1) is 13.9. The third-order valence-corrected chi connectivity index (χ3v) is 7.04. The Morgan fingerprint density at radius 1 is 0.767 bits per heavy atom. The summed E-state index contributed by atoms with van der Waals surface area (Å²) in [5.74, 6) is 0.328. The van der Waals surface area contributed by atoms with Crippen LogP contribution >= 0.6 is 11.3 Å². The van der Waals surface area contributed by atoms with Crippen molar-refractivity contribution in [1.82, 2.24) is 0 Å². The molecular formula is C27H34O2S. The SMILES string of the molecule is CCc1ccc(C(O)(c2ccccc2)c2cc(C(C)(C)C)c(O)c(C(C)(C)C)c2)s1. The van der Waals surface area contributed by atoms with Crippen LogP contribution in [0.5, 0.6) is 5.75 Å². The Balaban J connectivity index is 2.39. The van der Waals surface area contributed by atoms with Gasteiger partial charge >= 0.3 is 0 Å². The van der Waals surface area contributed by atoms with E-state index in [9.17, 15) is 10.2 Å². The van der Waals surface area contributed by atoms with E-state index < -0.39 is 5.60 Å². The van der Waals surface area contributed by atoms with E-state index in [-0.39, 0.29) is 10.8 Å². The lowest BCUT2D eigenvalue weighted by Gasteiger charge is -2.34. The van der Waals surface area contributed by atoms with Gasteiger partial charge in [0, 0.05) is 9.75 Å². The van der Waals surface area contributed by atoms with Crippen molar-refractivity contribution >= 4 is 11.3 Å².